The molecule has 0 bridgehead atoms. The predicted molar refractivity (Wildman–Crippen MR) is 116 cm³/mol. The topological polar surface area (TPSA) is 87.4 Å². The van der Waals surface area contributed by atoms with Crippen LogP contribution in [0.25, 0.3) is 20.7 Å². The number of nitrogens with zero attached hydrogens (tertiary/aromatic N) is 3. The van der Waals surface area contributed by atoms with Crippen molar-refractivity contribution in [2.45, 2.75) is 19.8 Å². The standard InChI is InChI=1S/C22H18FN3O4S/c1-2-3-10-29-21-7-4-14(13-25-21)20-12-17-22(31-20)19(8-9-24-17)30-18-6-5-15(26(27)28)11-16(18)23/h4-9,11-13H,2-3,10H2,1H3. The Morgan fingerprint density at radius 1 is 1.13 bits per heavy atom. The van der Waals surface area contributed by atoms with E-state index < -0.39 is 10.7 Å². The van der Waals surface area contributed by atoms with E-state index in [4.69, 9.17) is 9.47 Å². The molecule has 4 aromatic rings. The smallest absolute Gasteiger partial charge is 0.272 e. The summed E-state index contributed by atoms with van der Waals surface area (Å²) in [6.07, 6.45) is 5.34. The first-order valence-corrected chi connectivity index (χ1v) is 10.5. The fourth-order valence-electron chi connectivity index (χ4n) is 2.87. The monoisotopic (exact) mass is 439 g/mol. The summed E-state index contributed by atoms with van der Waals surface area (Å²) in [6, 6.07) is 10.6. The third-order valence-corrected chi connectivity index (χ3v) is 5.68. The van der Waals surface area contributed by atoms with Crippen LogP contribution in [0.4, 0.5) is 10.1 Å². The summed E-state index contributed by atoms with van der Waals surface area (Å²) in [5.74, 6) is 0.0951. The molecule has 3 aromatic heterocycles. The number of ether oxygens (including phenoxy) is 2. The van der Waals surface area contributed by atoms with E-state index in [-0.39, 0.29) is 11.4 Å². The number of non-ortho nitro benzene ring substituents is 1. The molecule has 0 aliphatic carbocycles. The van der Waals surface area contributed by atoms with Crippen LogP contribution in [-0.4, -0.2) is 21.5 Å². The Hall–Kier alpha value is -3.59. The molecule has 31 heavy (non-hydrogen) atoms. The van der Waals surface area contributed by atoms with Gasteiger partial charge >= 0.3 is 0 Å². The van der Waals surface area contributed by atoms with Gasteiger partial charge in [0.15, 0.2) is 11.6 Å². The molecule has 1 aromatic carbocycles. The molecule has 4 rings (SSSR count). The molecular weight excluding hydrogens is 421 g/mol. The van der Waals surface area contributed by atoms with Gasteiger partial charge in [-0.2, -0.15) is 0 Å². The van der Waals surface area contributed by atoms with E-state index in [1.165, 1.54) is 23.5 Å². The Morgan fingerprint density at radius 3 is 2.71 bits per heavy atom. The van der Waals surface area contributed by atoms with E-state index in [0.29, 0.717) is 23.8 Å². The molecule has 9 heteroatoms. The lowest BCUT2D eigenvalue weighted by atomic mass is 10.2. The van der Waals surface area contributed by atoms with Crippen LogP contribution < -0.4 is 9.47 Å². The number of aromatic nitrogens is 2. The molecule has 0 saturated heterocycles. The summed E-state index contributed by atoms with van der Waals surface area (Å²) in [6.45, 7) is 2.74. The number of rotatable bonds is 8. The van der Waals surface area contributed by atoms with Crippen LogP contribution in [0.2, 0.25) is 0 Å². The molecule has 3 heterocycles. The third-order valence-electron chi connectivity index (χ3n) is 4.49. The van der Waals surface area contributed by atoms with Crippen molar-refractivity contribution in [3.8, 4) is 27.8 Å². The zero-order valence-electron chi connectivity index (χ0n) is 16.6. The highest BCUT2D eigenvalue weighted by Gasteiger charge is 2.15. The molecule has 0 fully saturated rings. The van der Waals surface area contributed by atoms with Gasteiger partial charge in [0.1, 0.15) is 5.75 Å². The summed E-state index contributed by atoms with van der Waals surface area (Å²) in [5.41, 5.74) is 1.26. The molecule has 0 aliphatic heterocycles. The molecule has 0 unspecified atom stereocenters. The van der Waals surface area contributed by atoms with Gasteiger partial charge in [-0.1, -0.05) is 13.3 Å². The molecule has 0 aliphatic rings. The van der Waals surface area contributed by atoms with Crippen LogP contribution in [0.15, 0.2) is 54.9 Å². The second-order valence-electron chi connectivity index (χ2n) is 6.70. The highest BCUT2D eigenvalue weighted by molar-refractivity contribution is 7.22. The fraction of sp³-hybridized carbons (Fsp3) is 0.182. The second kappa shape index (κ2) is 9.05. The van der Waals surface area contributed by atoms with Gasteiger partial charge in [-0.15, -0.1) is 11.3 Å². The average Bonchev–Trinajstić information content (AvgIpc) is 3.21. The molecule has 0 radical (unpaired) electrons. The minimum Gasteiger partial charge on any atom is -0.478 e. The number of nitro groups is 1. The SMILES string of the molecule is CCCCOc1ccc(-c2cc3nccc(Oc4ccc([N+](=O)[O-])cc4F)c3s2)cn1. The lowest BCUT2D eigenvalue weighted by Gasteiger charge is -2.07. The van der Waals surface area contributed by atoms with Crippen LogP contribution >= 0.6 is 11.3 Å². The van der Waals surface area contributed by atoms with Crippen LogP contribution in [0.5, 0.6) is 17.4 Å². The lowest BCUT2D eigenvalue weighted by Crippen LogP contribution is -1.97. The Kier molecular flexibility index (Phi) is 6.03. The highest BCUT2D eigenvalue weighted by Crippen LogP contribution is 2.39. The quantitative estimate of drug-likeness (QED) is 0.180. The van der Waals surface area contributed by atoms with Gasteiger partial charge in [-0.25, -0.2) is 9.37 Å². The number of halogens is 1. The van der Waals surface area contributed by atoms with Crippen molar-refractivity contribution < 1.29 is 18.8 Å². The Labute approximate surface area is 181 Å². The largest absolute Gasteiger partial charge is 0.478 e. The summed E-state index contributed by atoms with van der Waals surface area (Å²) >= 11 is 1.44. The molecule has 0 spiro atoms. The Balaban J connectivity index is 1.59. The third kappa shape index (κ3) is 4.61. The number of thiophene rings is 1. The van der Waals surface area contributed by atoms with Crippen molar-refractivity contribution in [1.29, 1.82) is 0 Å². The van der Waals surface area contributed by atoms with E-state index in [9.17, 15) is 14.5 Å². The van der Waals surface area contributed by atoms with E-state index in [0.717, 1.165) is 34.0 Å². The molecule has 0 atom stereocenters. The molecule has 7 nitrogen and oxygen atoms in total. The number of hydrogen-bond acceptors (Lipinski definition) is 7. The Morgan fingerprint density at radius 2 is 2.00 bits per heavy atom. The van der Waals surface area contributed by atoms with Crippen LogP contribution in [-0.2, 0) is 0 Å². The first kappa shape index (κ1) is 20.7. The molecule has 0 saturated carbocycles. The van der Waals surface area contributed by atoms with Gasteiger partial charge in [-0.05, 0) is 24.6 Å². The normalized spacial score (nSPS) is 10.9. The van der Waals surface area contributed by atoms with Gasteiger partial charge < -0.3 is 9.47 Å². The van der Waals surface area contributed by atoms with Gasteiger partial charge in [0.05, 0.1) is 27.8 Å². The number of unbranched alkanes of at least 4 members (excludes halogenated alkanes) is 1. The lowest BCUT2D eigenvalue weighted by molar-refractivity contribution is -0.385. The number of benzene rings is 1. The maximum absolute atomic E-state index is 14.3. The first-order chi connectivity index (χ1) is 15.0. The zero-order chi connectivity index (χ0) is 21.8. The van der Waals surface area contributed by atoms with Gasteiger partial charge in [0, 0.05) is 41.0 Å². The summed E-state index contributed by atoms with van der Waals surface area (Å²) < 4.78 is 26.3. The molecule has 0 amide bonds. The highest BCUT2D eigenvalue weighted by atomic mass is 32.1. The molecular formula is C22H18FN3O4S. The van der Waals surface area contributed by atoms with E-state index in [2.05, 4.69) is 16.9 Å². The minimum atomic E-state index is -0.807. The maximum Gasteiger partial charge on any atom is 0.272 e. The average molecular weight is 439 g/mol. The van der Waals surface area contributed by atoms with Crippen molar-refractivity contribution in [2.24, 2.45) is 0 Å². The van der Waals surface area contributed by atoms with Gasteiger partial charge in [0.2, 0.25) is 5.88 Å². The summed E-state index contributed by atoms with van der Waals surface area (Å²) in [7, 11) is 0. The van der Waals surface area contributed by atoms with E-state index in [1.54, 1.807) is 18.5 Å². The van der Waals surface area contributed by atoms with Crippen LogP contribution in [0.3, 0.4) is 0 Å². The second-order valence-corrected chi connectivity index (χ2v) is 7.75. The summed E-state index contributed by atoms with van der Waals surface area (Å²) in [5, 5.41) is 10.8. The Bertz CT molecular complexity index is 1230. The number of hydrogen-bond donors (Lipinski definition) is 0. The van der Waals surface area contributed by atoms with Crippen molar-refractivity contribution in [3.63, 3.8) is 0 Å². The van der Waals surface area contributed by atoms with Gasteiger partial charge in [-0.3, -0.25) is 15.1 Å². The van der Waals surface area contributed by atoms with Gasteiger partial charge in [0.25, 0.3) is 5.69 Å². The number of nitro benzene ring substituents is 1. The molecule has 158 valence electrons. The van der Waals surface area contributed by atoms with E-state index >= 15 is 0 Å². The minimum absolute atomic E-state index is 0.0942. The van der Waals surface area contributed by atoms with Crippen molar-refractivity contribution in [2.75, 3.05) is 6.61 Å². The molecule has 0 N–H and O–H groups in total. The van der Waals surface area contributed by atoms with Crippen molar-refractivity contribution in [1.82, 2.24) is 9.97 Å². The van der Waals surface area contributed by atoms with Crippen LogP contribution in [0, 0.1) is 15.9 Å². The fourth-order valence-corrected chi connectivity index (χ4v) is 3.93. The zero-order valence-corrected chi connectivity index (χ0v) is 17.4. The number of fused-ring (bicyclic) bond motifs is 1. The van der Waals surface area contributed by atoms with E-state index in [1.807, 2.05) is 18.2 Å². The van der Waals surface area contributed by atoms with Crippen molar-refractivity contribution in [3.05, 3.63) is 70.8 Å². The van der Waals surface area contributed by atoms with Crippen molar-refractivity contribution >= 4 is 27.2 Å². The predicted octanol–water partition coefficient (Wildman–Crippen LogP) is 6.38. The number of pyridine rings is 2. The maximum atomic E-state index is 14.3. The first-order valence-electron chi connectivity index (χ1n) is 9.64. The van der Waals surface area contributed by atoms with Crippen LogP contribution in [0.1, 0.15) is 19.8 Å². The summed E-state index contributed by atoms with van der Waals surface area (Å²) in [4.78, 5) is 19.8.